The van der Waals surface area contributed by atoms with Gasteiger partial charge in [0.25, 0.3) is 0 Å². The molecule has 0 radical (unpaired) electrons. The molecule has 2 rings (SSSR count). The van der Waals surface area contributed by atoms with Crippen LogP contribution in [0.15, 0.2) is 18.2 Å². The molecule has 1 heteroatoms. The zero-order valence-electron chi connectivity index (χ0n) is 8.51. The Morgan fingerprint density at radius 2 is 2.21 bits per heavy atom. The van der Waals surface area contributed by atoms with Gasteiger partial charge in [-0.2, -0.15) is 0 Å². The predicted octanol–water partition coefficient (Wildman–Crippen LogP) is 2.73. The lowest BCUT2D eigenvalue weighted by Crippen LogP contribution is -1.89. The number of anilines is 1. The molecular weight excluding hydrogens is 170 g/mol. The Hall–Kier alpha value is -1.42. The first-order chi connectivity index (χ1) is 6.75. The van der Waals surface area contributed by atoms with E-state index in [1.807, 2.05) is 19.1 Å². The van der Waals surface area contributed by atoms with Crippen LogP contribution in [0.2, 0.25) is 0 Å². The van der Waals surface area contributed by atoms with Gasteiger partial charge in [-0.25, -0.2) is 0 Å². The zero-order chi connectivity index (χ0) is 9.97. The normalized spacial score (nSPS) is 14.6. The fourth-order valence-electron chi connectivity index (χ4n) is 1.37. The predicted molar refractivity (Wildman–Crippen MR) is 59.8 cm³/mol. The van der Waals surface area contributed by atoms with E-state index in [9.17, 15) is 0 Å². The highest BCUT2D eigenvalue weighted by Gasteiger charge is 2.19. The molecule has 1 fully saturated rings. The second kappa shape index (κ2) is 3.75. The largest absolute Gasteiger partial charge is 0.399 e. The Morgan fingerprint density at radius 1 is 1.43 bits per heavy atom. The van der Waals surface area contributed by atoms with Crippen LogP contribution < -0.4 is 5.73 Å². The molecule has 0 bridgehead atoms. The molecule has 2 N–H and O–H groups in total. The molecule has 0 unspecified atom stereocenters. The van der Waals surface area contributed by atoms with Gasteiger partial charge in [-0.05, 0) is 49.4 Å². The minimum absolute atomic E-state index is 0.845. The summed E-state index contributed by atoms with van der Waals surface area (Å²) in [5.74, 6) is 7.28. The molecular formula is C13H15N. The molecule has 14 heavy (non-hydrogen) atoms. The smallest absolute Gasteiger partial charge is 0.0344 e. The summed E-state index contributed by atoms with van der Waals surface area (Å²) >= 11 is 0. The van der Waals surface area contributed by atoms with Gasteiger partial charge < -0.3 is 5.73 Å². The summed E-state index contributed by atoms with van der Waals surface area (Å²) in [5.41, 5.74) is 8.77. The molecule has 0 amide bonds. The average molecular weight is 185 g/mol. The van der Waals surface area contributed by atoms with Gasteiger partial charge in [-0.15, -0.1) is 0 Å². The lowest BCUT2D eigenvalue weighted by molar-refractivity contribution is 0.884. The molecule has 0 aromatic heterocycles. The second-order valence-electron chi connectivity index (χ2n) is 4.02. The molecule has 0 atom stereocenters. The quantitative estimate of drug-likeness (QED) is 0.528. The summed E-state index contributed by atoms with van der Waals surface area (Å²) in [7, 11) is 0. The van der Waals surface area contributed by atoms with Crippen molar-refractivity contribution in [1.29, 1.82) is 0 Å². The van der Waals surface area contributed by atoms with Gasteiger partial charge in [0.15, 0.2) is 0 Å². The third-order valence-corrected chi connectivity index (χ3v) is 2.59. The van der Waals surface area contributed by atoms with Crippen molar-refractivity contribution in [3.8, 4) is 11.8 Å². The molecule has 0 heterocycles. The van der Waals surface area contributed by atoms with Crippen molar-refractivity contribution < 1.29 is 0 Å². The zero-order valence-corrected chi connectivity index (χ0v) is 8.51. The van der Waals surface area contributed by atoms with Gasteiger partial charge in [0.2, 0.25) is 0 Å². The van der Waals surface area contributed by atoms with Crippen molar-refractivity contribution in [3.05, 3.63) is 29.3 Å². The fraction of sp³-hybridized carbons (Fsp3) is 0.385. The van der Waals surface area contributed by atoms with E-state index in [1.165, 1.54) is 12.8 Å². The number of aryl methyl sites for hydroxylation is 1. The second-order valence-corrected chi connectivity index (χ2v) is 4.02. The van der Waals surface area contributed by atoms with Crippen LogP contribution in [0.1, 0.15) is 30.4 Å². The minimum atomic E-state index is 0.845. The number of benzene rings is 1. The Morgan fingerprint density at radius 3 is 2.86 bits per heavy atom. The molecule has 1 nitrogen and oxygen atoms in total. The van der Waals surface area contributed by atoms with Crippen LogP contribution in [0.4, 0.5) is 5.69 Å². The molecule has 1 aromatic carbocycles. The van der Waals surface area contributed by atoms with Crippen molar-refractivity contribution in [2.75, 3.05) is 5.73 Å². The third kappa shape index (κ3) is 2.29. The summed E-state index contributed by atoms with van der Waals surface area (Å²) in [5, 5.41) is 0. The first-order valence-electron chi connectivity index (χ1n) is 5.11. The Kier molecular flexibility index (Phi) is 2.45. The number of nitrogen functional groups attached to an aromatic ring is 1. The van der Waals surface area contributed by atoms with Gasteiger partial charge >= 0.3 is 0 Å². The maximum Gasteiger partial charge on any atom is 0.0344 e. The van der Waals surface area contributed by atoms with E-state index in [4.69, 9.17) is 5.73 Å². The van der Waals surface area contributed by atoms with Crippen molar-refractivity contribution in [2.24, 2.45) is 5.92 Å². The van der Waals surface area contributed by atoms with E-state index in [1.54, 1.807) is 0 Å². The first kappa shape index (κ1) is 9.15. The van der Waals surface area contributed by atoms with Crippen LogP contribution in [0, 0.1) is 24.7 Å². The number of hydrogen-bond donors (Lipinski definition) is 1. The highest BCUT2D eigenvalue weighted by atomic mass is 14.5. The van der Waals surface area contributed by atoms with Crippen molar-refractivity contribution in [3.63, 3.8) is 0 Å². The maximum atomic E-state index is 5.73. The van der Waals surface area contributed by atoms with E-state index in [0.29, 0.717) is 0 Å². The van der Waals surface area contributed by atoms with Crippen LogP contribution in [0.5, 0.6) is 0 Å². The Bertz CT molecular complexity index is 391. The highest BCUT2D eigenvalue weighted by Crippen LogP contribution is 2.31. The summed E-state index contributed by atoms with van der Waals surface area (Å²) in [4.78, 5) is 0. The van der Waals surface area contributed by atoms with E-state index in [-0.39, 0.29) is 0 Å². The van der Waals surface area contributed by atoms with Gasteiger partial charge in [0.05, 0.1) is 0 Å². The van der Waals surface area contributed by atoms with Gasteiger partial charge in [0.1, 0.15) is 0 Å². The molecule has 0 saturated heterocycles. The Balaban J connectivity index is 2.06. The minimum Gasteiger partial charge on any atom is -0.399 e. The first-order valence-corrected chi connectivity index (χ1v) is 5.11. The maximum absolute atomic E-state index is 5.73. The SMILES string of the molecule is Cc1cc(C#CCC2CC2)ccc1N. The average Bonchev–Trinajstić information content (AvgIpc) is 2.95. The summed E-state index contributed by atoms with van der Waals surface area (Å²) in [6.07, 6.45) is 3.80. The number of rotatable bonds is 1. The summed E-state index contributed by atoms with van der Waals surface area (Å²) in [6, 6.07) is 5.97. The molecule has 1 saturated carbocycles. The fourth-order valence-corrected chi connectivity index (χ4v) is 1.37. The Labute approximate surface area is 85.3 Å². The molecule has 0 spiro atoms. The van der Waals surface area contributed by atoms with Crippen LogP contribution in [-0.2, 0) is 0 Å². The standard InChI is InChI=1S/C13H15N/c1-10-9-12(7-8-13(10)14)4-2-3-11-5-6-11/h7-9,11H,3,5-6,14H2,1H3. The van der Waals surface area contributed by atoms with Crippen molar-refractivity contribution in [1.82, 2.24) is 0 Å². The van der Waals surface area contributed by atoms with E-state index >= 15 is 0 Å². The van der Waals surface area contributed by atoms with Gasteiger partial charge in [-0.1, -0.05) is 11.8 Å². The van der Waals surface area contributed by atoms with E-state index < -0.39 is 0 Å². The third-order valence-electron chi connectivity index (χ3n) is 2.59. The topological polar surface area (TPSA) is 26.0 Å². The lowest BCUT2D eigenvalue weighted by Gasteiger charge is -1.98. The van der Waals surface area contributed by atoms with Crippen LogP contribution in [-0.4, -0.2) is 0 Å². The van der Waals surface area contributed by atoms with Gasteiger partial charge in [-0.3, -0.25) is 0 Å². The number of nitrogens with two attached hydrogens (primary N) is 1. The van der Waals surface area contributed by atoms with Crippen molar-refractivity contribution in [2.45, 2.75) is 26.2 Å². The van der Waals surface area contributed by atoms with Crippen LogP contribution in [0.3, 0.4) is 0 Å². The molecule has 1 aliphatic rings. The van der Waals surface area contributed by atoms with E-state index in [2.05, 4.69) is 17.9 Å². The summed E-state index contributed by atoms with van der Waals surface area (Å²) < 4.78 is 0. The number of hydrogen-bond acceptors (Lipinski definition) is 1. The van der Waals surface area contributed by atoms with Crippen LogP contribution >= 0.6 is 0 Å². The molecule has 0 aliphatic heterocycles. The van der Waals surface area contributed by atoms with Crippen molar-refractivity contribution >= 4 is 5.69 Å². The summed E-state index contributed by atoms with van der Waals surface area (Å²) in [6.45, 7) is 2.02. The van der Waals surface area contributed by atoms with Gasteiger partial charge in [0, 0.05) is 17.7 Å². The molecule has 1 aromatic rings. The molecule has 1 aliphatic carbocycles. The lowest BCUT2D eigenvalue weighted by atomic mass is 10.1. The van der Waals surface area contributed by atoms with E-state index in [0.717, 1.165) is 29.2 Å². The van der Waals surface area contributed by atoms with Crippen LogP contribution in [0.25, 0.3) is 0 Å². The monoisotopic (exact) mass is 185 g/mol. The highest BCUT2D eigenvalue weighted by molar-refractivity contribution is 5.51. The molecule has 72 valence electrons.